The van der Waals surface area contributed by atoms with Crippen LogP contribution in [0.5, 0.6) is 0 Å². The second-order valence-electron chi connectivity index (χ2n) is 1.73. The van der Waals surface area contributed by atoms with Gasteiger partial charge < -0.3 is 0 Å². The summed E-state index contributed by atoms with van der Waals surface area (Å²) in [4.78, 5) is 0. The van der Waals surface area contributed by atoms with Gasteiger partial charge in [0, 0.05) is 0 Å². The summed E-state index contributed by atoms with van der Waals surface area (Å²) in [6, 6.07) is 0. The molecule has 0 unspecified atom stereocenters. The van der Waals surface area contributed by atoms with Crippen LogP contribution in [0.15, 0.2) is 0 Å². The molecule has 0 nitrogen and oxygen atoms in total. The molecule has 0 bridgehead atoms. The Morgan fingerprint density at radius 2 is 1.00 bits per heavy atom. The van der Waals surface area contributed by atoms with Gasteiger partial charge in [-0.3, -0.25) is 0 Å². The molecule has 0 atom stereocenters. The molecule has 0 spiro atoms. The molecule has 0 N–H and O–H groups in total. The van der Waals surface area contributed by atoms with Crippen molar-refractivity contribution in [3.05, 3.63) is 0 Å². The molecular formula is C4H10Al+3. The molecule has 0 aromatic carbocycles. The average Bonchev–Trinajstić information content (AvgIpc) is 0.811. The minimum absolute atomic E-state index is 0. The third-order valence-electron chi connectivity index (χ3n) is 0. The Kier molecular flexibility index (Phi) is 8.26. The van der Waals surface area contributed by atoms with E-state index >= 15 is 0 Å². The molecule has 0 saturated carbocycles. The normalized spacial score (nSPS) is 7.20. The van der Waals surface area contributed by atoms with Gasteiger partial charge in [-0.05, 0) is 5.92 Å². The van der Waals surface area contributed by atoms with Gasteiger partial charge in [0.1, 0.15) is 0 Å². The van der Waals surface area contributed by atoms with E-state index in [1.54, 1.807) is 0 Å². The fraction of sp³-hybridized carbons (Fsp3) is 1.00. The third-order valence-corrected chi connectivity index (χ3v) is 0. The molecule has 0 aromatic heterocycles. The Labute approximate surface area is 44.7 Å². The standard InChI is InChI=1S/C4H10.Al/c1-4(2)3;/h4H,1-3H3;/q;+3. The quantitative estimate of drug-likeness (QED) is 0.389. The maximum atomic E-state index is 2.17. The predicted molar refractivity (Wildman–Crippen MR) is 26.3 cm³/mol. The topological polar surface area (TPSA) is 0 Å². The Morgan fingerprint density at radius 1 is 1.00 bits per heavy atom. The van der Waals surface area contributed by atoms with Gasteiger partial charge in [0.25, 0.3) is 0 Å². The van der Waals surface area contributed by atoms with Crippen LogP contribution in [0.1, 0.15) is 20.8 Å². The van der Waals surface area contributed by atoms with E-state index in [2.05, 4.69) is 20.8 Å². The molecule has 26 valence electrons. The molecule has 0 fully saturated rings. The monoisotopic (exact) mass is 85.1 g/mol. The van der Waals surface area contributed by atoms with Crippen molar-refractivity contribution in [3.8, 4) is 0 Å². The maximum Gasteiger partial charge on any atom is 3.00 e. The Balaban J connectivity index is 0. The van der Waals surface area contributed by atoms with Gasteiger partial charge in [-0.2, -0.15) is 0 Å². The summed E-state index contributed by atoms with van der Waals surface area (Å²) in [6.07, 6.45) is 0. The maximum absolute atomic E-state index is 2.17. The molecular weight excluding hydrogens is 75.0 g/mol. The second kappa shape index (κ2) is 4.53. The Hall–Kier alpha value is 0.532. The molecule has 1 heteroatoms. The first kappa shape index (κ1) is 9.11. The van der Waals surface area contributed by atoms with Gasteiger partial charge in [-0.15, -0.1) is 0 Å². The average molecular weight is 85.1 g/mol. The van der Waals surface area contributed by atoms with Crippen LogP contribution in [-0.2, 0) is 0 Å². The Bertz CT molecular complexity index is 8.36. The number of rotatable bonds is 0. The summed E-state index contributed by atoms with van der Waals surface area (Å²) in [5.41, 5.74) is 0. The molecule has 0 amide bonds. The van der Waals surface area contributed by atoms with Crippen LogP contribution in [0.3, 0.4) is 0 Å². The zero-order valence-electron chi connectivity index (χ0n) is 4.15. The van der Waals surface area contributed by atoms with Crippen molar-refractivity contribution in [1.82, 2.24) is 0 Å². The van der Waals surface area contributed by atoms with E-state index in [0.717, 1.165) is 5.92 Å². The molecule has 0 aromatic rings. The molecule has 0 radical (unpaired) electrons. The van der Waals surface area contributed by atoms with Crippen molar-refractivity contribution >= 4 is 17.4 Å². The van der Waals surface area contributed by atoms with Crippen LogP contribution in [0, 0.1) is 5.92 Å². The van der Waals surface area contributed by atoms with E-state index in [9.17, 15) is 0 Å². The predicted octanol–water partition coefficient (Wildman–Crippen LogP) is 1.28. The van der Waals surface area contributed by atoms with E-state index in [1.165, 1.54) is 0 Å². The summed E-state index contributed by atoms with van der Waals surface area (Å²) in [6.45, 7) is 6.50. The summed E-state index contributed by atoms with van der Waals surface area (Å²) in [5.74, 6) is 0.833. The minimum atomic E-state index is 0. The summed E-state index contributed by atoms with van der Waals surface area (Å²) in [7, 11) is 0. The van der Waals surface area contributed by atoms with Crippen molar-refractivity contribution in [2.75, 3.05) is 0 Å². The largest absolute Gasteiger partial charge is 3.00 e. The molecule has 0 aliphatic carbocycles. The van der Waals surface area contributed by atoms with E-state index in [4.69, 9.17) is 0 Å². The van der Waals surface area contributed by atoms with Crippen LogP contribution in [0.2, 0.25) is 0 Å². The van der Waals surface area contributed by atoms with Crippen LogP contribution in [-0.4, -0.2) is 17.4 Å². The molecule has 0 heterocycles. The number of hydrogen-bond donors (Lipinski definition) is 0. The van der Waals surface area contributed by atoms with Gasteiger partial charge in [-0.25, -0.2) is 0 Å². The smallest absolute Gasteiger partial charge is 0.0630 e. The fourth-order valence-electron chi connectivity index (χ4n) is 0. The zero-order chi connectivity index (χ0) is 3.58. The van der Waals surface area contributed by atoms with Gasteiger partial charge in [0.05, 0.1) is 0 Å². The van der Waals surface area contributed by atoms with E-state index in [1.807, 2.05) is 0 Å². The van der Waals surface area contributed by atoms with Crippen LogP contribution < -0.4 is 0 Å². The molecule has 0 aliphatic heterocycles. The summed E-state index contributed by atoms with van der Waals surface area (Å²) < 4.78 is 0. The van der Waals surface area contributed by atoms with E-state index < -0.39 is 0 Å². The number of hydrogen-bond acceptors (Lipinski definition) is 0. The van der Waals surface area contributed by atoms with Gasteiger partial charge >= 0.3 is 17.4 Å². The van der Waals surface area contributed by atoms with Crippen LogP contribution in [0.4, 0.5) is 0 Å². The first-order valence-electron chi connectivity index (χ1n) is 1.73. The van der Waals surface area contributed by atoms with Crippen molar-refractivity contribution in [2.24, 2.45) is 5.92 Å². The molecule has 5 heavy (non-hydrogen) atoms. The van der Waals surface area contributed by atoms with Crippen molar-refractivity contribution in [2.45, 2.75) is 20.8 Å². The van der Waals surface area contributed by atoms with Crippen molar-refractivity contribution in [1.29, 1.82) is 0 Å². The van der Waals surface area contributed by atoms with Gasteiger partial charge in [-0.1, -0.05) is 20.8 Å². The Morgan fingerprint density at radius 3 is 1.00 bits per heavy atom. The molecule has 0 aliphatic rings. The van der Waals surface area contributed by atoms with E-state index in [0.29, 0.717) is 0 Å². The van der Waals surface area contributed by atoms with Crippen LogP contribution >= 0.6 is 0 Å². The van der Waals surface area contributed by atoms with E-state index in [-0.39, 0.29) is 17.4 Å². The van der Waals surface area contributed by atoms with Gasteiger partial charge in [0.15, 0.2) is 0 Å². The fourth-order valence-corrected chi connectivity index (χ4v) is 0. The van der Waals surface area contributed by atoms with Crippen LogP contribution in [0.25, 0.3) is 0 Å². The summed E-state index contributed by atoms with van der Waals surface area (Å²) >= 11 is 0. The second-order valence-corrected chi connectivity index (χ2v) is 1.73. The first-order valence-corrected chi connectivity index (χ1v) is 1.73. The van der Waals surface area contributed by atoms with Crippen molar-refractivity contribution < 1.29 is 0 Å². The van der Waals surface area contributed by atoms with Gasteiger partial charge in [0.2, 0.25) is 0 Å². The third kappa shape index (κ3) is 103. The zero-order valence-corrected chi connectivity index (χ0v) is 5.31. The molecule has 0 rings (SSSR count). The SMILES string of the molecule is CC(C)C.[Al+3]. The first-order chi connectivity index (χ1) is 1.73. The minimum Gasteiger partial charge on any atom is -0.0630 e. The molecule has 0 saturated heterocycles. The van der Waals surface area contributed by atoms with Crippen molar-refractivity contribution in [3.63, 3.8) is 0 Å². The summed E-state index contributed by atoms with van der Waals surface area (Å²) in [5, 5.41) is 0.